The Balaban J connectivity index is 1.00. The second kappa shape index (κ2) is 14.0. The molecule has 0 unspecified atom stereocenters. The molecule has 244 valence electrons. The predicted molar refractivity (Wildman–Crippen MR) is 170 cm³/mol. The standard InChI is InChI=1S/C33H44N4O7S/c1-42-31-23-28(44-27-13-20-36(21-14-27)45(40,41)22-6-17-34-15-4-5-16-34)9-10-29(31)32(38)35-18-11-26(12-19-35)37-30-8-3-2-7-25(30)24-43-33(37)39/h2-3,7-10,23,26-27H,4-6,11-22,24H2,1H3. The van der Waals surface area contributed by atoms with Crippen molar-refractivity contribution in [1.29, 1.82) is 0 Å². The number of para-hydroxylation sites is 1. The first kappa shape index (κ1) is 31.6. The third-order valence-corrected chi connectivity index (χ3v) is 11.4. The molecule has 0 spiro atoms. The van der Waals surface area contributed by atoms with Crippen LogP contribution in [0.15, 0.2) is 42.5 Å². The van der Waals surface area contributed by atoms with Crippen molar-refractivity contribution in [2.45, 2.75) is 63.7 Å². The lowest BCUT2D eigenvalue weighted by molar-refractivity contribution is 0.0705. The molecular weight excluding hydrogens is 596 g/mol. The van der Waals surface area contributed by atoms with Crippen molar-refractivity contribution in [1.82, 2.24) is 14.1 Å². The van der Waals surface area contributed by atoms with Crippen molar-refractivity contribution in [2.24, 2.45) is 0 Å². The second-order valence-corrected chi connectivity index (χ2v) is 14.5. The minimum atomic E-state index is -3.27. The third kappa shape index (κ3) is 7.23. The van der Waals surface area contributed by atoms with Crippen LogP contribution in [0.3, 0.4) is 0 Å². The number of sulfonamides is 1. The molecule has 0 N–H and O–H groups in total. The van der Waals surface area contributed by atoms with Crippen LogP contribution in [0.25, 0.3) is 0 Å². The van der Waals surface area contributed by atoms with Gasteiger partial charge in [-0.1, -0.05) is 18.2 Å². The van der Waals surface area contributed by atoms with E-state index in [0.29, 0.717) is 75.3 Å². The van der Waals surface area contributed by atoms with Gasteiger partial charge in [-0.15, -0.1) is 0 Å². The molecule has 0 aromatic heterocycles. The fraction of sp³-hybridized carbons (Fsp3) is 0.576. The van der Waals surface area contributed by atoms with Gasteiger partial charge in [-0.05, 0) is 82.8 Å². The maximum absolute atomic E-state index is 13.5. The van der Waals surface area contributed by atoms with Crippen molar-refractivity contribution in [2.75, 3.05) is 63.6 Å². The van der Waals surface area contributed by atoms with Gasteiger partial charge >= 0.3 is 6.09 Å². The number of cyclic esters (lactones) is 1. The number of methoxy groups -OCH3 is 1. The smallest absolute Gasteiger partial charge is 0.414 e. The number of rotatable bonds is 10. The molecule has 3 fully saturated rings. The third-order valence-electron chi connectivity index (χ3n) is 9.49. The highest BCUT2D eigenvalue weighted by atomic mass is 32.2. The summed E-state index contributed by atoms with van der Waals surface area (Å²) in [7, 11) is -1.73. The number of amides is 2. The summed E-state index contributed by atoms with van der Waals surface area (Å²) in [6.45, 7) is 5.20. The quantitative estimate of drug-likeness (QED) is 0.382. The van der Waals surface area contributed by atoms with Crippen LogP contribution in [0.4, 0.5) is 10.5 Å². The lowest BCUT2D eigenvalue weighted by Crippen LogP contribution is -2.50. The number of hydrogen-bond acceptors (Lipinski definition) is 8. The van der Waals surface area contributed by atoms with Crippen LogP contribution >= 0.6 is 0 Å². The van der Waals surface area contributed by atoms with Gasteiger partial charge in [0.25, 0.3) is 5.91 Å². The van der Waals surface area contributed by atoms with Crippen LogP contribution in [0.1, 0.15) is 60.9 Å². The normalized spacial score (nSPS) is 20.6. The molecule has 3 saturated heterocycles. The van der Waals surface area contributed by atoms with E-state index in [1.54, 1.807) is 32.3 Å². The van der Waals surface area contributed by atoms with E-state index in [0.717, 1.165) is 30.9 Å². The molecule has 45 heavy (non-hydrogen) atoms. The fourth-order valence-corrected chi connectivity index (χ4v) is 8.49. The van der Waals surface area contributed by atoms with E-state index in [4.69, 9.17) is 14.2 Å². The Morgan fingerprint density at radius 1 is 0.956 bits per heavy atom. The SMILES string of the molecule is COc1cc(OC2CCN(S(=O)(=O)CCCN3CCCC3)CC2)ccc1C(=O)N1CCC(N2C(=O)OCc3ccccc32)CC1. The summed E-state index contributed by atoms with van der Waals surface area (Å²) in [5, 5.41) is 0. The summed E-state index contributed by atoms with van der Waals surface area (Å²) in [6, 6.07) is 13.0. The number of nitrogens with zero attached hydrogens (tertiary/aromatic N) is 4. The first-order valence-corrected chi connectivity index (χ1v) is 17.8. The monoisotopic (exact) mass is 640 g/mol. The first-order valence-electron chi connectivity index (χ1n) is 16.2. The number of carbonyl (C=O) groups is 2. The van der Waals surface area contributed by atoms with Crippen LogP contribution in [-0.2, 0) is 21.4 Å². The van der Waals surface area contributed by atoms with Crippen LogP contribution in [0, 0.1) is 0 Å². The lowest BCUT2D eigenvalue weighted by atomic mass is 10.00. The molecule has 4 aliphatic rings. The average molecular weight is 641 g/mol. The van der Waals surface area contributed by atoms with E-state index in [1.165, 1.54) is 20.0 Å². The number of fused-ring (bicyclic) bond motifs is 1. The van der Waals surface area contributed by atoms with E-state index < -0.39 is 10.0 Å². The molecule has 0 radical (unpaired) electrons. The molecule has 2 aromatic carbocycles. The molecule has 11 nitrogen and oxygen atoms in total. The lowest BCUT2D eigenvalue weighted by Gasteiger charge is -2.40. The number of benzene rings is 2. The van der Waals surface area contributed by atoms with Crippen molar-refractivity contribution in [3.63, 3.8) is 0 Å². The maximum atomic E-state index is 13.5. The largest absolute Gasteiger partial charge is 0.496 e. The Morgan fingerprint density at radius 2 is 1.69 bits per heavy atom. The number of hydrogen-bond donors (Lipinski definition) is 0. The number of ether oxygens (including phenoxy) is 3. The topological polar surface area (TPSA) is 109 Å². The highest BCUT2D eigenvalue weighted by Crippen LogP contribution is 2.33. The van der Waals surface area contributed by atoms with Gasteiger partial charge < -0.3 is 24.0 Å². The van der Waals surface area contributed by atoms with Gasteiger partial charge in [0.05, 0.1) is 24.1 Å². The van der Waals surface area contributed by atoms with Crippen molar-refractivity contribution < 1.29 is 32.2 Å². The van der Waals surface area contributed by atoms with Gasteiger partial charge in [-0.3, -0.25) is 9.69 Å². The van der Waals surface area contributed by atoms with E-state index >= 15 is 0 Å². The number of likely N-dealkylation sites (tertiary alicyclic amines) is 2. The Hall–Kier alpha value is -3.35. The minimum absolute atomic E-state index is 0.0444. The first-order chi connectivity index (χ1) is 21.8. The highest BCUT2D eigenvalue weighted by Gasteiger charge is 2.36. The van der Waals surface area contributed by atoms with Gasteiger partial charge in [-0.2, -0.15) is 0 Å². The van der Waals surface area contributed by atoms with Gasteiger partial charge in [0.2, 0.25) is 10.0 Å². The van der Waals surface area contributed by atoms with E-state index in [-0.39, 0.29) is 36.5 Å². The molecule has 0 bridgehead atoms. The molecule has 2 amide bonds. The Morgan fingerprint density at radius 3 is 2.42 bits per heavy atom. The molecule has 0 aliphatic carbocycles. The zero-order valence-electron chi connectivity index (χ0n) is 26.1. The van der Waals surface area contributed by atoms with Gasteiger partial charge in [0.1, 0.15) is 24.2 Å². The average Bonchev–Trinajstić information content (AvgIpc) is 3.58. The Bertz CT molecular complexity index is 1460. The summed E-state index contributed by atoms with van der Waals surface area (Å²) in [5.74, 6) is 1.10. The summed E-state index contributed by atoms with van der Waals surface area (Å²) >= 11 is 0. The number of anilines is 1. The predicted octanol–water partition coefficient (Wildman–Crippen LogP) is 4.12. The fourth-order valence-electron chi connectivity index (χ4n) is 6.97. The van der Waals surface area contributed by atoms with Crippen LogP contribution in [-0.4, -0.2) is 105 Å². The number of carbonyl (C=O) groups excluding carboxylic acids is 2. The van der Waals surface area contributed by atoms with Gasteiger partial charge in [-0.25, -0.2) is 17.5 Å². The molecule has 0 atom stereocenters. The van der Waals surface area contributed by atoms with E-state index in [1.807, 2.05) is 24.3 Å². The molecule has 12 heteroatoms. The summed E-state index contributed by atoms with van der Waals surface area (Å²) in [6.07, 6.45) is 5.14. The van der Waals surface area contributed by atoms with E-state index in [2.05, 4.69) is 4.90 Å². The van der Waals surface area contributed by atoms with Crippen LogP contribution in [0.2, 0.25) is 0 Å². The molecule has 2 aromatic rings. The van der Waals surface area contributed by atoms with Crippen LogP contribution in [0.5, 0.6) is 11.5 Å². The summed E-state index contributed by atoms with van der Waals surface area (Å²) in [4.78, 5) is 32.1. The Labute approximate surface area is 266 Å². The van der Waals surface area contributed by atoms with Crippen molar-refractivity contribution in [3.05, 3.63) is 53.6 Å². The molecule has 6 rings (SSSR count). The van der Waals surface area contributed by atoms with Gasteiger partial charge in [0.15, 0.2) is 0 Å². The minimum Gasteiger partial charge on any atom is -0.496 e. The number of piperidine rings is 2. The van der Waals surface area contributed by atoms with Crippen LogP contribution < -0.4 is 14.4 Å². The second-order valence-electron chi connectivity index (χ2n) is 12.4. The molecular formula is C33H44N4O7S. The summed E-state index contributed by atoms with van der Waals surface area (Å²) < 4.78 is 44.6. The molecule has 4 heterocycles. The zero-order valence-corrected chi connectivity index (χ0v) is 26.9. The van der Waals surface area contributed by atoms with Crippen molar-refractivity contribution >= 4 is 27.7 Å². The molecule has 4 aliphatic heterocycles. The molecule has 0 saturated carbocycles. The highest BCUT2D eigenvalue weighted by molar-refractivity contribution is 7.89. The maximum Gasteiger partial charge on any atom is 0.414 e. The summed E-state index contributed by atoms with van der Waals surface area (Å²) in [5.41, 5.74) is 2.33. The Kier molecular flexibility index (Phi) is 9.81. The van der Waals surface area contributed by atoms with Gasteiger partial charge in [0, 0.05) is 43.9 Å². The zero-order chi connectivity index (χ0) is 31.4. The van der Waals surface area contributed by atoms with E-state index in [9.17, 15) is 18.0 Å². The van der Waals surface area contributed by atoms with Crippen molar-refractivity contribution in [3.8, 4) is 11.5 Å².